The van der Waals surface area contributed by atoms with Crippen molar-refractivity contribution in [2.45, 2.75) is 6.42 Å². The van der Waals surface area contributed by atoms with Crippen LogP contribution in [0.2, 0.25) is 5.15 Å². The number of hydrogen-bond donors (Lipinski definition) is 1. The van der Waals surface area contributed by atoms with Crippen molar-refractivity contribution >= 4 is 28.5 Å². The normalized spacial score (nSPS) is 10.5. The molecular weight excluding hydrogens is 242 g/mol. The maximum atomic E-state index is 10.7. The Hall–Kier alpha value is -1.81. The lowest BCUT2D eigenvalue weighted by molar-refractivity contribution is -0.136. The quantitative estimate of drug-likeness (QED) is 0.852. The van der Waals surface area contributed by atoms with Gasteiger partial charge in [-0.2, -0.15) is 0 Å². The molecule has 0 atom stereocenters. The number of ether oxygens (including phenoxy) is 1. The highest BCUT2D eigenvalue weighted by Crippen LogP contribution is 2.27. The summed E-state index contributed by atoms with van der Waals surface area (Å²) < 4.78 is 5.17. The number of aromatic nitrogens is 1. The van der Waals surface area contributed by atoms with Gasteiger partial charge in [-0.05, 0) is 12.1 Å². The number of carboxylic acids is 1. The standard InChI is InChI=1S/C12H10ClNO3/c1-17-9-4-2-3-7-5-8(6-10(15)16)12(13)14-11(7)9/h2-5H,6H2,1H3,(H,15,16). The third kappa shape index (κ3) is 2.31. The lowest BCUT2D eigenvalue weighted by Crippen LogP contribution is -2.02. The van der Waals surface area contributed by atoms with E-state index in [1.54, 1.807) is 19.2 Å². The molecule has 0 fully saturated rings. The molecule has 2 rings (SSSR count). The highest BCUT2D eigenvalue weighted by atomic mass is 35.5. The first-order valence-electron chi connectivity index (χ1n) is 4.95. The van der Waals surface area contributed by atoms with Crippen molar-refractivity contribution < 1.29 is 14.6 Å². The van der Waals surface area contributed by atoms with Crippen LogP contribution in [-0.2, 0) is 11.2 Å². The fourth-order valence-electron chi connectivity index (χ4n) is 1.64. The van der Waals surface area contributed by atoms with Gasteiger partial charge in [0.15, 0.2) is 0 Å². The number of hydrogen-bond acceptors (Lipinski definition) is 3. The second kappa shape index (κ2) is 4.59. The second-order valence-corrected chi connectivity index (χ2v) is 3.90. The number of fused-ring (bicyclic) bond motifs is 1. The second-order valence-electron chi connectivity index (χ2n) is 3.54. The molecule has 1 N–H and O–H groups in total. The SMILES string of the molecule is COc1cccc2cc(CC(=O)O)c(Cl)nc12. The van der Waals surface area contributed by atoms with Crippen molar-refractivity contribution in [2.75, 3.05) is 7.11 Å². The van der Waals surface area contributed by atoms with Crippen LogP contribution >= 0.6 is 11.6 Å². The molecular formula is C12H10ClNO3. The molecule has 4 nitrogen and oxygen atoms in total. The van der Waals surface area contributed by atoms with E-state index in [4.69, 9.17) is 21.4 Å². The third-order valence-electron chi connectivity index (χ3n) is 2.40. The summed E-state index contributed by atoms with van der Waals surface area (Å²) in [6.07, 6.45) is -0.140. The van der Waals surface area contributed by atoms with Crippen molar-refractivity contribution in [1.82, 2.24) is 4.98 Å². The zero-order chi connectivity index (χ0) is 12.4. The van der Waals surface area contributed by atoms with Crippen LogP contribution in [0.4, 0.5) is 0 Å². The number of nitrogens with zero attached hydrogens (tertiary/aromatic N) is 1. The molecule has 0 aliphatic carbocycles. The van der Waals surface area contributed by atoms with Gasteiger partial charge in [-0.15, -0.1) is 0 Å². The Balaban J connectivity index is 2.61. The number of pyridine rings is 1. The molecule has 0 saturated heterocycles. The molecule has 0 unspecified atom stereocenters. The Morgan fingerprint density at radius 1 is 1.53 bits per heavy atom. The summed E-state index contributed by atoms with van der Waals surface area (Å²) in [5, 5.41) is 9.76. The van der Waals surface area contributed by atoms with Crippen molar-refractivity contribution in [2.24, 2.45) is 0 Å². The number of methoxy groups -OCH3 is 1. The number of rotatable bonds is 3. The van der Waals surface area contributed by atoms with Crippen LogP contribution in [0.5, 0.6) is 5.75 Å². The van der Waals surface area contributed by atoms with Gasteiger partial charge in [0.25, 0.3) is 0 Å². The zero-order valence-corrected chi connectivity index (χ0v) is 9.86. The Morgan fingerprint density at radius 2 is 2.29 bits per heavy atom. The molecule has 0 radical (unpaired) electrons. The van der Waals surface area contributed by atoms with E-state index in [1.165, 1.54) is 0 Å². The van der Waals surface area contributed by atoms with E-state index in [9.17, 15) is 4.79 Å². The van der Waals surface area contributed by atoms with Gasteiger partial charge in [-0.3, -0.25) is 4.79 Å². The number of aliphatic carboxylic acids is 1. The molecule has 5 heteroatoms. The highest BCUT2D eigenvalue weighted by Gasteiger charge is 2.10. The fraction of sp³-hybridized carbons (Fsp3) is 0.167. The maximum Gasteiger partial charge on any atom is 0.307 e. The van der Waals surface area contributed by atoms with E-state index in [0.717, 1.165) is 5.39 Å². The van der Waals surface area contributed by atoms with Crippen molar-refractivity contribution in [1.29, 1.82) is 0 Å². The van der Waals surface area contributed by atoms with Gasteiger partial charge in [0.2, 0.25) is 0 Å². The Kier molecular flexibility index (Phi) is 3.15. The van der Waals surface area contributed by atoms with Crippen LogP contribution in [0, 0.1) is 0 Å². The van der Waals surface area contributed by atoms with E-state index >= 15 is 0 Å². The fourth-order valence-corrected chi connectivity index (χ4v) is 1.85. The van der Waals surface area contributed by atoms with Crippen LogP contribution in [0.15, 0.2) is 24.3 Å². The van der Waals surface area contributed by atoms with Gasteiger partial charge in [0.05, 0.1) is 13.5 Å². The van der Waals surface area contributed by atoms with Gasteiger partial charge in [0, 0.05) is 10.9 Å². The van der Waals surface area contributed by atoms with Crippen molar-refractivity contribution in [3.63, 3.8) is 0 Å². The van der Waals surface area contributed by atoms with Crippen LogP contribution in [-0.4, -0.2) is 23.2 Å². The van der Waals surface area contributed by atoms with Gasteiger partial charge in [0.1, 0.15) is 16.4 Å². The molecule has 1 aromatic carbocycles. The molecule has 2 aromatic rings. The average molecular weight is 252 g/mol. The molecule has 0 aliphatic heterocycles. The van der Waals surface area contributed by atoms with Crippen LogP contribution in [0.3, 0.4) is 0 Å². The number of halogens is 1. The third-order valence-corrected chi connectivity index (χ3v) is 2.72. The van der Waals surface area contributed by atoms with E-state index in [-0.39, 0.29) is 11.6 Å². The first-order chi connectivity index (χ1) is 8.11. The highest BCUT2D eigenvalue weighted by molar-refractivity contribution is 6.30. The smallest absolute Gasteiger partial charge is 0.307 e. The monoisotopic (exact) mass is 251 g/mol. The molecule has 0 amide bonds. The lowest BCUT2D eigenvalue weighted by Gasteiger charge is -2.07. The predicted molar refractivity (Wildman–Crippen MR) is 64.6 cm³/mol. The Morgan fingerprint density at radius 3 is 2.94 bits per heavy atom. The largest absolute Gasteiger partial charge is 0.494 e. The van der Waals surface area contributed by atoms with Gasteiger partial charge in [-0.25, -0.2) is 4.98 Å². The first-order valence-corrected chi connectivity index (χ1v) is 5.33. The van der Waals surface area contributed by atoms with Crippen LogP contribution in [0.1, 0.15) is 5.56 Å². The zero-order valence-electron chi connectivity index (χ0n) is 9.11. The van der Waals surface area contributed by atoms with Crippen molar-refractivity contribution in [3.05, 3.63) is 35.0 Å². The van der Waals surface area contributed by atoms with E-state index < -0.39 is 5.97 Å². The van der Waals surface area contributed by atoms with Gasteiger partial charge < -0.3 is 9.84 Å². The van der Waals surface area contributed by atoms with E-state index in [2.05, 4.69) is 4.98 Å². The predicted octanol–water partition coefficient (Wildman–Crippen LogP) is 2.52. The summed E-state index contributed by atoms with van der Waals surface area (Å²) in [4.78, 5) is 14.8. The summed E-state index contributed by atoms with van der Waals surface area (Å²) in [5.74, 6) is -0.317. The molecule has 1 heterocycles. The minimum Gasteiger partial charge on any atom is -0.494 e. The maximum absolute atomic E-state index is 10.7. The topological polar surface area (TPSA) is 59.4 Å². The van der Waals surface area contributed by atoms with Crippen molar-refractivity contribution in [3.8, 4) is 5.75 Å². The molecule has 1 aromatic heterocycles. The summed E-state index contributed by atoms with van der Waals surface area (Å²) in [7, 11) is 1.55. The molecule has 88 valence electrons. The summed E-state index contributed by atoms with van der Waals surface area (Å²) in [5.41, 5.74) is 1.13. The molecule has 0 spiro atoms. The average Bonchev–Trinajstić information content (AvgIpc) is 2.29. The van der Waals surface area contributed by atoms with Gasteiger partial charge >= 0.3 is 5.97 Å². The molecule has 17 heavy (non-hydrogen) atoms. The first kappa shape index (κ1) is 11.7. The number of para-hydroxylation sites is 1. The molecule has 0 aliphatic rings. The lowest BCUT2D eigenvalue weighted by atomic mass is 10.1. The summed E-state index contributed by atoms with van der Waals surface area (Å²) >= 11 is 5.95. The number of carbonyl (C=O) groups is 1. The Labute approximate surface area is 103 Å². The van der Waals surface area contributed by atoms with E-state index in [0.29, 0.717) is 16.8 Å². The van der Waals surface area contributed by atoms with Gasteiger partial charge in [-0.1, -0.05) is 23.7 Å². The Bertz CT molecular complexity index is 583. The minimum atomic E-state index is -0.934. The minimum absolute atomic E-state index is 0.140. The van der Waals surface area contributed by atoms with Crippen LogP contribution < -0.4 is 4.74 Å². The molecule has 0 bridgehead atoms. The number of carboxylic acid groups (broad SMARTS) is 1. The summed E-state index contributed by atoms with van der Waals surface area (Å²) in [6.45, 7) is 0. The van der Waals surface area contributed by atoms with E-state index in [1.807, 2.05) is 12.1 Å². The van der Waals surface area contributed by atoms with Crippen LogP contribution in [0.25, 0.3) is 10.9 Å². The summed E-state index contributed by atoms with van der Waals surface area (Å²) in [6, 6.07) is 7.16. The molecule has 0 saturated carbocycles. The number of benzene rings is 1.